The summed E-state index contributed by atoms with van der Waals surface area (Å²) in [6.45, 7) is 1.04. The molecule has 0 spiro atoms. The van der Waals surface area contributed by atoms with Crippen LogP contribution >= 0.6 is 0 Å². The molecule has 29 heavy (non-hydrogen) atoms. The van der Waals surface area contributed by atoms with E-state index in [1.807, 2.05) is 36.5 Å². The summed E-state index contributed by atoms with van der Waals surface area (Å²) in [5.41, 5.74) is 2.01. The van der Waals surface area contributed by atoms with Crippen molar-refractivity contribution in [2.45, 2.75) is 18.9 Å². The summed E-state index contributed by atoms with van der Waals surface area (Å²) in [6, 6.07) is 9.42. The van der Waals surface area contributed by atoms with Crippen molar-refractivity contribution in [3.05, 3.63) is 42.7 Å². The number of methoxy groups -OCH3 is 1. The van der Waals surface area contributed by atoms with E-state index in [1.165, 1.54) is 4.90 Å². The van der Waals surface area contributed by atoms with Gasteiger partial charge in [-0.1, -0.05) is 0 Å². The maximum Gasteiger partial charge on any atom is 0.407 e. The van der Waals surface area contributed by atoms with E-state index in [1.54, 1.807) is 18.0 Å². The molecule has 2 N–H and O–H groups in total. The zero-order chi connectivity index (χ0) is 20.2. The van der Waals surface area contributed by atoms with Gasteiger partial charge in [-0.15, -0.1) is 10.2 Å². The Hall–Kier alpha value is -3.69. The van der Waals surface area contributed by atoms with Crippen molar-refractivity contribution in [2.24, 2.45) is 0 Å². The number of ether oxygens (including phenoxy) is 1. The lowest BCUT2D eigenvalue weighted by atomic mass is 10.1. The molecule has 0 unspecified atom stereocenters. The Morgan fingerprint density at radius 3 is 2.59 bits per heavy atom. The number of carboxylic acid groups (broad SMARTS) is 1. The van der Waals surface area contributed by atoms with E-state index in [0.29, 0.717) is 36.2 Å². The first-order valence-electron chi connectivity index (χ1n) is 9.27. The van der Waals surface area contributed by atoms with Gasteiger partial charge in [-0.3, -0.25) is 0 Å². The Kier molecular flexibility index (Phi) is 5.23. The molecule has 0 radical (unpaired) electrons. The standard InChI is InChI=1S/C19H21N7O3/c1-29-18-16(26-10-2-9-20-26)5-3-14(22-18)15-4-6-17(24-23-15)21-13-7-11-25(12-8-13)19(27)28/h2-6,9-10,13H,7-8,11-12H2,1H3,(H,21,24)(H,27,28). The SMILES string of the molecule is COc1nc(-c2ccc(NC3CCN(C(=O)O)CC3)nn2)ccc1-n1cccn1. The third kappa shape index (κ3) is 4.10. The molecule has 150 valence electrons. The van der Waals surface area contributed by atoms with Crippen molar-refractivity contribution in [1.82, 2.24) is 29.9 Å². The minimum atomic E-state index is -0.867. The number of amides is 1. The van der Waals surface area contributed by atoms with E-state index in [9.17, 15) is 4.79 Å². The minimum absolute atomic E-state index is 0.178. The van der Waals surface area contributed by atoms with Gasteiger partial charge >= 0.3 is 6.09 Å². The molecule has 10 nitrogen and oxygen atoms in total. The third-order valence-corrected chi connectivity index (χ3v) is 4.83. The molecular weight excluding hydrogens is 374 g/mol. The number of nitrogens with one attached hydrogen (secondary N) is 1. The lowest BCUT2D eigenvalue weighted by Gasteiger charge is -2.30. The molecule has 1 saturated heterocycles. The lowest BCUT2D eigenvalue weighted by molar-refractivity contribution is 0.133. The Labute approximate surface area is 167 Å². The van der Waals surface area contributed by atoms with Gasteiger partial charge in [0.2, 0.25) is 5.88 Å². The fraction of sp³-hybridized carbons (Fsp3) is 0.316. The van der Waals surface area contributed by atoms with E-state index < -0.39 is 6.09 Å². The molecule has 0 bridgehead atoms. The average Bonchev–Trinajstić information content (AvgIpc) is 3.29. The van der Waals surface area contributed by atoms with Crippen LogP contribution in [-0.2, 0) is 0 Å². The molecule has 10 heteroatoms. The van der Waals surface area contributed by atoms with Crippen molar-refractivity contribution in [2.75, 3.05) is 25.5 Å². The van der Waals surface area contributed by atoms with Crippen molar-refractivity contribution in [1.29, 1.82) is 0 Å². The van der Waals surface area contributed by atoms with Crippen molar-refractivity contribution >= 4 is 11.9 Å². The molecule has 4 heterocycles. The molecule has 0 aliphatic carbocycles. The molecular formula is C19H21N7O3. The summed E-state index contributed by atoms with van der Waals surface area (Å²) < 4.78 is 7.09. The zero-order valence-electron chi connectivity index (χ0n) is 15.9. The van der Waals surface area contributed by atoms with Crippen molar-refractivity contribution in [3.63, 3.8) is 0 Å². The van der Waals surface area contributed by atoms with Gasteiger partial charge < -0.3 is 20.1 Å². The zero-order valence-corrected chi connectivity index (χ0v) is 15.9. The number of anilines is 1. The second-order valence-electron chi connectivity index (χ2n) is 6.67. The fourth-order valence-electron chi connectivity index (χ4n) is 3.28. The van der Waals surface area contributed by atoms with Crippen LogP contribution in [-0.4, -0.2) is 67.3 Å². The van der Waals surface area contributed by atoms with Gasteiger partial charge in [-0.25, -0.2) is 14.5 Å². The van der Waals surface area contributed by atoms with Crippen LogP contribution in [0, 0.1) is 0 Å². The number of piperidine rings is 1. The molecule has 3 aromatic rings. The van der Waals surface area contributed by atoms with E-state index in [4.69, 9.17) is 9.84 Å². The number of pyridine rings is 1. The largest absolute Gasteiger partial charge is 0.479 e. The van der Waals surface area contributed by atoms with E-state index >= 15 is 0 Å². The number of hydrogen-bond acceptors (Lipinski definition) is 7. The number of likely N-dealkylation sites (tertiary alicyclic amines) is 1. The number of rotatable bonds is 5. The number of aromatic nitrogens is 5. The van der Waals surface area contributed by atoms with Gasteiger partial charge in [-0.05, 0) is 43.2 Å². The Balaban J connectivity index is 1.45. The molecule has 1 fully saturated rings. The summed E-state index contributed by atoms with van der Waals surface area (Å²) in [7, 11) is 1.56. The first-order chi connectivity index (χ1) is 14.1. The second-order valence-corrected chi connectivity index (χ2v) is 6.67. The maximum atomic E-state index is 11.0. The molecule has 0 saturated carbocycles. The molecule has 0 atom stereocenters. The van der Waals surface area contributed by atoms with Crippen molar-refractivity contribution < 1.29 is 14.6 Å². The predicted molar refractivity (Wildman–Crippen MR) is 105 cm³/mol. The average molecular weight is 395 g/mol. The lowest BCUT2D eigenvalue weighted by Crippen LogP contribution is -2.41. The maximum absolute atomic E-state index is 11.0. The Morgan fingerprint density at radius 2 is 1.97 bits per heavy atom. The normalized spacial score (nSPS) is 14.6. The topological polar surface area (TPSA) is 118 Å². The van der Waals surface area contributed by atoms with Gasteiger partial charge in [0.05, 0.1) is 12.8 Å². The summed E-state index contributed by atoms with van der Waals surface area (Å²) in [4.78, 5) is 16.9. The molecule has 1 aliphatic heterocycles. The molecule has 3 aromatic heterocycles. The van der Waals surface area contributed by atoms with Gasteiger partial charge in [0.15, 0.2) is 0 Å². The summed E-state index contributed by atoms with van der Waals surface area (Å²) in [5, 5.41) is 25.1. The van der Waals surface area contributed by atoms with Crippen LogP contribution in [0.5, 0.6) is 5.88 Å². The minimum Gasteiger partial charge on any atom is -0.479 e. The Morgan fingerprint density at radius 1 is 1.17 bits per heavy atom. The number of nitrogens with zero attached hydrogens (tertiary/aromatic N) is 6. The van der Waals surface area contributed by atoms with E-state index in [-0.39, 0.29) is 6.04 Å². The van der Waals surface area contributed by atoms with Gasteiger partial charge in [-0.2, -0.15) is 5.10 Å². The summed E-state index contributed by atoms with van der Waals surface area (Å²) >= 11 is 0. The van der Waals surface area contributed by atoms with Crippen LogP contribution in [0.2, 0.25) is 0 Å². The predicted octanol–water partition coefficient (Wildman–Crippen LogP) is 2.29. The molecule has 1 aliphatic rings. The van der Waals surface area contributed by atoms with Crippen LogP contribution in [0.1, 0.15) is 12.8 Å². The van der Waals surface area contributed by atoms with Gasteiger partial charge in [0, 0.05) is 31.5 Å². The highest BCUT2D eigenvalue weighted by Gasteiger charge is 2.22. The highest BCUT2D eigenvalue weighted by Crippen LogP contribution is 2.25. The Bertz CT molecular complexity index is 968. The van der Waals surface area contributed by atoms with E-state index in [0.717, 1.165) is 18.5 Å². The van der Waals surface area contributed by atoms with Crippen LogP contribution in [0.3, 0.4) is 0 Å². The first-order valence-corrected chi connectivity index (χ1v) is 9.27. The summed E-state index contributed by atoms with van der Waals surface area (Å²) in [5.74, 6) is 1.10. The van der Waals surface area contributed by atoms with E-state index in [2.05, 4.69) is 25.6 Å². The second kappa shape index (κ2) is 8.13. The fourth-order valence-corrected chi connectivity index (χ4v) is 3.28. The third-order valence-electron chi connectivity index (χ3n) is 4.83. The van der Waals surface area contributed by atoms with Crippen molar-refractivity contribution in [3.8, 4) is 23.0 Å². The van der Waals surface area contributed by atoms with Crippen LogP contribution in [0.15, 0.2) is 42.7 Å². The quantitative estimate of drug-likeness (QED) is 0.675. The molecule has 1 amide bonds. The highest BCUT2D eigenvalue weighted by atomic mass is 16.5. The smallest absolute Gasteiger partial charge is 0.407 e. The van der Waals surface area contributed by atoms with Crippen LogP contribution < -0.4 is 10.1 Å². The van der Waals surface area contributed by atoms with Gasteiger partial charge in [0.25, 0.3) is 0 Å². The van der Waals surface area contributed by atoms with Crippen LogP contribution in [0.4, 0.5) is 10.6 Å². The van der Waals surface area contributed by atoms with Gasteiger partial charge in [0.1, 0.15) is 17.2 Å². The first kappa shape index (κ1) is 18.7. The molecule has 0 aromatic carbocycles. The molecule has 4 rings (SSSR count). The van der Waals surface area contributed by atoms with Crippen LogP contribution in [0.25, 0.3) is 17.1 Å². The highest BCUT2D eigenvalue weighted by molar-refractivity contribution is 5.65. The monoisotopic (exact) mass is 395 g/mol. The number of carbonyl (C=O) groups is 1. The summed E-state index contributed by atoms with van der Waals surface area (Å²) in [6.07, 6.45) is 4.12. The number of hydrogen-bond donors (Lipinski definition) is 2.